The Hall–Kier alpha value is -1.18. The minimum Gasteiger partial charge on any atom is -0.344 e. The fourth-order valence-electron chi connectivity index (χ4n) is 2.13. The molecule has 1 radical (unpaired) electrons. The fourth-order valence-corrected chi connectivity index (χ4v) is 2.13. The molecule has 1 aromatic carbocycles. The van der Waals surface area contributed by atoms with Gasteiger partial charge in [-0.25, -0.2) is 0 Å². The summed E-state index contributed by atoms with van der Waals surface area (Å²) >= 11 is 0. The molecule has 0 aliphatic heterocycles. The van der Waals surface area contributed by atoms with Crippen LogP contribution in [0.2, 0.25) is 0 Å². The van der Waals surface area contributed by atoms with Gasteiger partial charge >= 0.3 is 0 Å². The van der Waals surface area contributed by atoms with Crippen LogP contribution in [0.25, 0.3) is 16.4 Å². The molecule has 17 heavy (non-hydrogen) atoms. The maximum Gasteiger partial charge on any atom is 0.0605 e. The average molecular weight is 401 g/mol. The molecule has 0 aliphatic carbocycles. The van der Waals surface area contributed by atoms with Crippen molar-refractivity contribution in [3.05, 3.63) is 48.4 Å². The zero-order valence-electron chi connectivity index (χ0n) is 9.77. The molecule has 2 nitrogen and oxygen atoms in total. The Balaban J connectivity index is 0.00000108. The van der Waals surface area contributed by atoms with Crippen molar-refractivity contribution >= 4 is 16.4 Å². The largest absolute Gasteiger partial charge is 0.344 e. The Bertz CT molecular complexity index is 655. The van der Waals surface area contributed by atoms with E-state index >= 15 is 0 Å². The standard InChI is InChI=1S/C14H13N2.Ir/c1-10(2)13-9-11-5-3-4-6-12(11)14-15-7-8-16(13)14;/h3-5,7-10H,1-2H3;/q-1;. The van der Waals surface area contributed by atoms with Crippen molar-refractivity contribution in [2.45, 2.75) is 19.8 Å². The molecule has 0 amide bonds. The molecule has 0 spiro atoms. The maximum atomic E-state index is 4.42. The van der Waals surface area contributed by atoms with Gasteiger partial charge in [-0.3, -0.25) is 4.98 Å². The topological polar surface area (TPSA) is 17.3 Å². The first-order valence-corrected chi connectivity index (χ1v) is 5.54. The normalized spacial score (nSPS) is 11.0. The van der Waals surface area contributed by atoms with Gasteiger partial charge in [0.15, 0.2) is 0 Å². The number of benzene rings is 1. The van der Waals surface area contributed by atoms with Gasteiger partial charge in [0, 0.05) is 38.2 Å². The Morgan fingerprint density at radius 2 is 2.18 bits per heavy atom. The summed E-state index contributed by atoms with van der Waals surface area (Å²) in [5.74, 6) is 0.487. The van der Waals surface area contributed by atoms with E-state index in [1.807, 2.05) is 24.5 Å². The van der Waals surface area contributed by atoms with Crippen LogP contribution in [0.5, 0.6) is 0 Å². The molecular formula is C14H13IrN2-. The van der Waals surface area contributed by atoms with E-state index in [0.717, 1.165) is 11.0 Å². The molecule has 0 saturated heterocycles. The minimum atomic E-state index is 0. The van der Waals surface area contributed by atoms with Crippen molar-refractivity contribution in [1.82, 2.24) is 9.38 Å². The number of nitrogens with zero attached hydrogens (tertiary/aromatic N) is 2. The first-order valence-electron chi connectivity index (χ1n) is 5.54. The summed E-state index contributed by atoms with van der Waals surface area (Å²) < 4.78 is 2.16. The van der Waals surface area contributed by atoms with Crippen LogP contribution in [0, 0.1) is 6.07 Å². The second-order valence-corrected chi connectivity index (χ2v) is 4.35. The van der Waals surface area contributed by atoms with E-state index in [1.54, 1.807) is 0 Å². The number of aromatic nitrogens is 2. The van der Waals surface area contributed by atoms with Crippen LogP contribution in [0.1, 0.15) is 25.5 Å². The molecule has 0 saturated carbocycles. The van der Waals surface area contributed by atoms with Gasteiger partial charge in [-0.15, -0.1) is 35.0 Å². The molecule has 3 heteroatoms. The molecule has 0 unspecified atom stereocenters. The first kappa shape index (κ1) is 12.3. The Morgan fingerprint density at radius 1 is 1.35 bits per heavy atom. The van der Waals surface area contributed by atoms with E-state index in [2.05, 4.69) is 41.4 Å². The van der Waals surface area contributed by atoms with Gasteiger partial charge in [-0.1, -0.05) is 19.9 Å². The fraction of sp³-hybridized carbons (Fsp3) is 0.214. The summed E-state index contributed by atoms with van der Waals surface area (Å²) in [6.45, 7) is 4.40. The van der Waals surface area contributed by atoms with Crippen LogP contribution in [0.4, 0.5) is 0 Å². The van der Waals surface area contributed by atoms with Crippen LogP contribution in [0.15, 0.2) is 36.7 Å². The van der Waals surface area contributed by atoms with Crippen molar-refractivity contribution in [2.75, 3.05) is 0 Å². The predicted octanol–water partition coefficient (Wildman–Crippen LogP) is 3.41. The Kier molecular flexibility index (Phi) is 3.32. The molecule has 0 atom stereocenters. The average Bonchev–Trinajstić information content (AvgIpc) is 2.76. The molecule has 0 bridgehead atoms. The number of pyridine rings is 1. The summed E-state index contributed by atoms with van der Waals surface area (Å²) in [6, 6.07) is 11.6. The van der Waals surface area contributed by atoms with E-state index < -0.39 is 0 Å². The maximum absolute atomic E-state index is 4.42. The van der Waals surface area contributed by atoms with Gasteiger partial charge in [0.2, 0.25) is 0 Å². The quantitative estimate of drug-likeness (QED) is 0.572. The van der Waals surface area contributed by atoms with Crippen LogP contribution in [-0.4, -0.2) is 9.38 Å². The van der Waals surface area contributed by atoms with Crippen LogP contribution in [-0.2, 0) is 20.1 Å². The van der Waals surface area contributed by atoms with Crippen LogP contribution < -0.4 is 0 Å². The van der Waals surface area contributed by atoms with Crippen LogP contribution >= 0.6 is 0 Å². The predicted molar refractivity (Wildman–Crippen MR) is 65.6 cm³/mol. The Morgan fingerprint density at radius 3 is 2.94 bits per heavy atom. The molecule has 0 aliphatic rings. The second-order valence-electron chi connectivity index (χ2n) is 4.35. The van der Waals surface area contributed by atoms with Crippen molar-refractivity contribution in [3.8, 4) is 0 Å². The van der Waals surface area contributed by atoms with E-state index in [-0.39, 0.29) is 20.1 Å². The first-order chi connectivity index (χ1) is 7.77. The number of hydrogen-bond donors (Lipinski definition) is 0. The van der Waals surface area contributed by atoms with Gasteiger partial charge in [-0.2, -0.15) is 0 Å². The summed E-state index contributed by atoms with van der Waals surface area (Å²) in [7, 11) is 0. The molecule has 0 N–H and O–H groups in total. The molecule has 2 aromatic heterocycles. The van der Waals surface area contributed by atoms with Gasteiger partial charge in [0.25, 0.3) is 0 Å². The third-order valence-electron chi connectivity index (χ3n) is 2.93. The molecule has 0 fully saturated rings. The summed E-state index contributed by atoms with van der Waals surface area (Å²) in [4.78, 5) is 4.42. The summed E-state index contributed by atoms with van der Waals surface area (Å²) in [6.07, 6.45) is 3.87. The number of rotatable bonds is 1. The zero-order chi connectivity index (χ0) is 11.1. The van der Waals surface area contributed by atoms with Gasteiger partial charge in [0.1, 0.15) is 0 Å². The van der Waals surface area contributed by atoms with E-state index in [4.69, 9.17) is 0 Å². The molecule has 2 heterocycles. The molecule has 89 valence electrons. The van der Waals surface area contributed by atoms with Crippen LogP contribution in [0.3, 0.4) is 0 Å². The smallest absolute Gasteiger partial charge is 0.0605 e. The van der Waals surface area contributed by atoms with Gasteiger partial charge in [0.05, 0.1) is 5.65 Å². The van der Waals surface area contributed by atoms with Crippen molar-refractivity contribution < 1.29 is 20.1 Å². The van der Waals surface area contributed by atoms with E-state index in [9.17, 15) is 0 Å². The summed E-state index contributed by atoms with van der Waals surface area (Å²) in [5, 5.41) is 2.31. The number of fused-ring (bicyclic) bond motifs is 3. The van der Waals surface area contributed by atoms with Gasteiger partial charge in [-0.05, 0) is 5.92 Å². The molecular weight excluding hydrogens is 388 g/mol. The molecule has 3 aromatic rings. The number of hydrogen-bond acceptors (Lipinski definition) is 1. The van der Waals surface area contributed by atoms with E-state index in [1.165, 1.54) is 11.1 Å². The molecule has 3 rings (SSSR count). The summed E-state index contributed by atoms with van der Waals surface area (Å²) in [5.41, 5.74) is 2.29. The SMILES string of the molecule is CC(C)c1cc2ccc[c-]c2c2nccn12.[Ir]. The van der Waals surface area contributed by atoms with E-state index in [0.29, 0.717) is 5.92 Å². The van der Waals surface area contributed by atoms with Crippen molar-refractivity contribution in [2.24, 2.45) is 0 Å². The van der Waals surface area contributed by atoms with Crippen molar-refractivity contribution in [3.63, 3.8) is 0 Å². The number of imidazole rings is 1. The monoisotopic (exact) mass is 402 g/mol. The minimum absolute atomic E-state index is 0. The second kappa shape index (κ2) is 4.59. The third-order valence-corrected chi connectivity index (χ3v) is 2.93. The Labute approximate surface area is 114 Å². The van der Waals surface area contributed by atoms with Crippen molar-refractivity contribution in [1.29, 1.82) is 0 Å². The zero-order valence-corrected chi connectivity index (χ0v) is 12.2. The van der Waals surface area contributed by atoms with Gasteiger partial charge < -0.3 is 4.40 Å². The third kappa shape index (κ3) is 1.90.